The molecule has 4 aromatic rings. The van der Waals surface area contributed by atoms with Crippen LogP contribution in [0.1, 0.15) is 27.7 Å². The van der Waals surface area contributed by atoms with Crippen LogP contribution < -0.4 is 9.64 Å². The number of thioether (sulfide) groups is 1. The van der Waals surface area contributed by atoms with Crippen LogP contribution in [-0.4, -0.2) is 39.2 Å². The van der Waals surface area contributed by atoms with E-state index in [4.69, 9.17) is 20.8 Å². The number of ether oxygens (including phenoxy) is 1. The Labute approximate surface area is 237 Å². The van der Waals surface area contributed by atoms with Crippen molar-refractivity contribution in [2.24, 2.45) is 0 Å². The van der Waals surface area contributed by atoms with Crippen LogP contribution in [-0.2, 0) is 10.5 Å². The zero-order valence-corrected chi connectivity index (χ0v) is 23.4. The number of nitrogens with zero attached hydrogens (tertiary/aromatic N) is 3. The van der Waals surface area contributed by atoms with E-state index in [0.29, 0.717) is 20.7 Å². The lowest BCUT2D eigenvalue weighted by Crippen LogP contribution is -2.31. The molecule has 1 unspecified atom stereocenters. The van der Waals surface area contributed by atoms with Gasteiger partial charge in [0, 0.05) is 10.8 Å². The Bertz CT molecular complexity index is 1570. The summed E-state index contributed by atoms with van der Waals surface area (Å²) in [5.74, 6) is -1.82. The second-order valence-corrected chi connectivity index (χ2v) is 11.4. The average Bonchev–Trinajstić information content (AvgIpc) is 3.66. The molecule has 2 aromatic heterocycles. The van der Waals surface area contributed by atoms with E-state index in [2.05, 4.69) is 26.1 Å². The first-order chi connectivity index (χ1) is 18.3. The minimum atomic E-state index is -1.11. The lowest BCUT2D eigenvalue weighted by molar-refractivity contribution is -0.117. The first-order valence-corrected chi connectivity index (χ1v) is 13.9. The number of phenolic OH excluding ortho intramolecular Hbond substituents is 1. The number of furan rings is 1. The second kappa shape index (κ2) is 10.8. The van der Waals surface area contributed by atoms with Crippen LogP contribution in [0.4, 0.5) is 5.13 Å². The molecule has 0 saturated heterocycles. The largest absolute Gasteiger partial charge is 0.503 e. The van der Waals surface area contributed by atoms with Gasteiger partial charge >= 0.3 is 0 Å². The van der Waals surface area contributed by atoms with Gasteiger partial charge in [0.25, 0.3) is 5.91 Å². The van der Waals surface area contributed by atoms with Crippen molar-refractivity contribution in [3.05, 3.63) is 92.5 Å². The maximum atomic E-state index is 13.4. The number of aliphatic hydroxyl groups excluding tert-OH is 1. The first-order valence-electron chi connectivity index (χ1n) is 10.9. The van der Waals surface area contributed by atoms with Gasteiger partial charge in [-0.2, -0.15) is 0 Å². The van der Waals surface area contributed by atoms with E-state index in [1.54, 1.807) is 6.07 Å². The third kappa shape index (κ3) is 4.80. The summed E-state index contributed by atoms with van der Waals surface area (Å²) in [6, 6.07) is 12.3. The number of amides is 1. The summed E-state index contributed by atoms with van der Waals surface area (Å²) in [7, 11) is 1.37. The number of aromatic nitrogens is 2. The zero-order chi connectivity index (χ0) is 27.0. The number of rotatable bonds is 8. The van der Waals surface area contributed by atoms with Crippen LogP contribution in [0.3, 0.4) is 0 Å². The van der Waals surface area contributed by atoms with Gasteiger partial charge in [-0.1, -0.05) is 52.9 Å². The van der Waals surface area contributed by atoms with Gasteiger partial charge in [0.15, 0.2) is 27.4 Å². The fourth-order valence-electron chi connectivity index (χ4n) is 3.91. The van der Waals surface area contributed by atoms with Crippen molar-refractivity contribution in [2.45, 2.75) is 16.1 Å². The molecule has 0 fully saturated rings. The number of aliphatic hydroxyl groups is 1. The quantitative estimate of drug-likeness (QED) is 0.130. The summed E-state index contributed by atoms with van der Waals surface area (Å²) in [4.78, 5) is 28.0. The fraction of sp³-hybridized carbons (Fsp3) is 0.120. The monoisotopic (exact) mass is 633 g/mol. The van der Waals surface area contributed by atoms with Crippen molar-refractivity contribution in [3.63, 3.8) is 0 Å². The van der Waals surface area contributed by atoms with Crippen molar-refractivity contribution in [1.82, 2.24) is 10.2 Å². The number of benzene rings is 2. The van der Waals surface area contributed by atoms with Crippen LogP contribution in [0.5, 0.6) is 11.5 Å². The highest BCUT2D eigenvalue weighted by Gasteiger charge is 2.47. The van der Waals surface area contributed by atoms with E-state index in [0.717, 1.165) is 16.9 Å². The van der Waals surface area contributed by atoms with E-state index < -0.39 is 23.5 Å². The van der Waals surface area contributed by atoms with E-state index in [-0.39, 0.29) is 32.4 Å². The molecule has 3 heterocycles. The Morgan fingerprint density at radius 2 is 2.03 bits per heavy atom. The van der Waals surface area contributed by atoms with E-state index in [1.165, 1.54) is 54.3 Å². The molecule has 13 heteroatoms. The third-order valence-corrected chi connectivity index (χ3v) is 8.77. The molecular weight excluding hydrogens is 618 g/mol. The zero-order valence-electron chi connectivity index (χ0n) is 19.4. The Morgan fingerprint density at radius 1 is 1.24 bits per heavy atom. The number of ketones is 1. The number of carbonyl (C=O) groups excluding carboxylic acids is 2. The van der Waals surface area contributed by atoms with Crippen molar-refractivity contribution in [3.8, 4) is 11.5 Å². The number of anilines is 1. The molecule has 194 valence electrons. The Morgan fingerprint density at radius 3 is 2.74 bits per heavy atom. The average molecular weight is 635 g/mol. The molecular formula is C25H17BrClN3O6S2. The number of carbonyl (C=O) groups is 2. The maximum Gasteiger partial charge on any atom is 0.296 e. The van der Waals surface area contributed by atoms with Gasteiger partial charge < -0.3 is 19.4 Å². The van der Waals surface area contributed by atoms with Gasteiger partial charge in [0.05, 0.1) is 29.5 Å². The van der Waals surface area contributed by atoms with Crippen molar-refractivity contribution in [1.29, 1.82) is 0 Å². The van der Waals surface area contributed by atoms with Crippen molar-refractivity contribution in [2.75, 3.05) is 12.0 Å². The molecule has 5 rings (SSSR count). The molecule has 0 spiro atoms. The van der Waals surface area contributed by atoms with E-state index in [9.17, 15) is 19.8 Å². The smallest absolute Gasteiger partial charge is 0.296 e. The molecule has 1 atom stereocenters. The lowest BCUT2D eigenvalue weighted by Gasteiger charge is -2.24. The fourth-order valence-corrected chi connectivity index (χ4v) is 6.52. The summed E-state index contributed by atoms with van der Waals surface area (Å²) >= 11 is 12.1. The highest BCUT2D eigenvalue weighted by Crippen LogP contribution is 2.47. The van der Waals surface area contributed by atoms with Crippen LogP contribution in [0.2, 0.25) is 5.02 Å². The predicted molar refractivity (Wildman–Crippen MR) is 146 cm³/mol. The Hall–Kier alpha value is -3.32. The van der Waals surface area contributed by atoms with Gasteiger partial charge in [-0.25, -0.2) is 0 Å². The van der Waals surface area contributed by atoms with Gasteiger partial charge in [0.1, 0.15) is 0 Å². The number of halogens is 2. The van der Waals surface area contributed by atoms with E-state index in [1.807, 2.05) is 18.2 Å². The summed E-state index contributed by atoms with van der Waals surface area (Å²) in [6.07, 6.45) is 1.32. The number of Topliss-reactive ketones (excluding diaryl/α,β-unsaturated/α-hetero) is 1. The van der Waals surface area contributed by atoms with Crippen LogP contribution in [0, 0.1) is 0 Å². The predicted octanol–water partition coefficient (Wildman–Crippen LogP) is 6.34. The normalized spacial score (nSPS) is 15.4. The van der Waals surface area contributed by atoms with Gasteiger partial charge in [-0.3, -0.25) is 14.5 Å². The second-order valence-electron chi connectivity index (χ2n) is 7.93. The molecule has 0 radical (unpaired) electrons. The molecule has 9 nitrogen and oxygen atoms in total. The van der Waals surface area contributed by atoms with Crippen LogP contribution >= 0.6 is 50.6 Å². The molecule has 1 amide bonds. The summed E-state index contributed by atoms with van der Waals surface area (Å²) in [5, 5.41) is 30.4. The SMILES string of the molecule is COc1cc(C2C(C(=O)c3ccco3)=C(O)C(=O)N2c2nnc(SCc3ccccc3Cl)s2)cc(Br)c1O. The van der Waals surface area contributed by atoms with Gasteiger partial charge in [-0.05, 0) is 57.4 Å². The molecule has 0 aliphatic carbocycles. The minimum Gasteiger partial charge on any atom is -0.503 e. The standard InChI is InChI=1S/C25H17BrClN3O6S2/c1-35-17-10-13(9-14(26)20(17)31)19-18(21(32)16-7-4-8-36-16)22(33)23(34)30(19)24-28-29-25(38-24)37-11-12-5-2-3-6-15(12)27/h2-10,19,31,33H,11H2,1H3. The number of methoxy groups -OCH3 is 1. The number of hydrogen-bond donors (Lipinski definition) is 2. The Balaban J connectivity index is 1.55. The van der Waals surface area contributed by atoms with Crippen LogP contribution in [0.25, 0.3) is 0 Å². The highest BCUT2D eigenvalue weighted by molar-refractivity contribution is 9.10. The third-order valence-electron chi connectivity index (χ3n) is 5.70. The summed E-state index contributed by atoms with van der Waals surface area (Å²) in [6.45, 7) is 0. The first kappa shape index (κ1) is 26.3. The van der Waals surface area contributed by atoms with E-state index >= 15 is 0 Å². The Kier molecular flexibility index (Phi) is 7.48. The molecule has 1 aliphatic heterocycles. The molecule has 0 saturated carbocycles. The van der Waals surface area contributed by atoms with Gasteiger partial charge in [0.2, 0.25) is 10.9 Å². The molecule has 0 bridgehead atoms. The number of aromatic hydroxyl groups is 1. The topological polar surface area (TPSA) is 126 Å². The minimum absolute atomic E-state index is 0.0516. The molecule has 2 N–H and O–H groups in total. The molecule has 1 aliphatic rings. The van der Waals surface area contributed by atoms with Gasteiger partial charge in [-0.15, -0.1) is 10.2 Å². The molecule has 2 aromatic carbocycles. The molecule has 38 heavy (non-hydrogen) atoms. The number of hydrogen-bond acceptors (Lipinski definition) is 10. The summed E-state index contributed by atoms with van der Waals surface area (Å²) < 4.78 is 11.3. The highest BCUT2D eigenvalue weighted by atomic mass is 79.9. The lowest BCUT2D eigenvalue weighted by atomic mass is 9.95. The number of phenols is 1. The summed E-state index contributed by atoms with van der Waals surface area (Å²) in [5.41, 5.74) is 1.09. The van der Waals surface area contributed by atoms with Crippen LogP contribution in [0.15, 0.2) is 79.4 Å². The van der Waals surface area contributed by atoms with Crippen molar-refractivity contribution >= 4 is 67.5 Å². The maximum absolute atomic E-state index is 13.4. The van der Waals surface area contributed by atoms with Crippen molar-refractivity contribution < 1.29 is 29.0 Å².